The summed E-state index contributed by atoms with van der Waals surface area (Å²) in [7, 11) is 0. The van der Waals surface area contributed by atoms with E-state index in [4.69, 9.17) is 5.26 Å². The van der Waals surface area contributed by atoms with E-state index in [0.717, 1.165) is 19.6 Å². The minimum absolute atomic E-state index is 0.119. The van der Waals surface area contributed by atoms with Crippen molar-refractivity contribution >= 4 is 17.5 Å². The van der Waals surface area contributed by atoms with Crippen LogP contribution in [-0.2, 0) is 0 Å². The molecule has 140 valence electrons. The topological polar surface area (TPSA) is 86.4 Å². The number of nitrogens with zero attached hydrogens (tertiary/aromatic N) is 1. The van der Waals surface area contributed by atoms with E-state index in [2.05, 4.69) is 24.5 Å². The van der Waals surface area contributed by atoms with Gasteiger partial charge in [-0.05, 0) is 62.4 Å². The smallest absolute Gasteiger partial charge is 0.255 e. The molecule has 6 heteroatoms. The van der Waals surface area contributed by atoms with Crippen molar-refractivity contribution in [3.8, 4) is 6.07 Å². The molecule has 0 fully saturated rings. The molecule has 0 spiro atoms. The van der Waals surface area contributed by atoms with Crippen LogP contribution in [-0.4, -0.2) is 38.0 Å². The summed E-state index contributed by atoms with van der Waals surface area (Å²) >= 11 is 0. The van der Waals surface area contributed by atoms with E-state index < -0.39 is 0 Å². The Kier molecular flexibility index (Phi) is 7.53. The van der Waals surface area contributed by atoms with Gasteiger partial charge in [0.1, 0.15) is 0 Å². The fraction of sp³-hybridized carbons (Fsp3) is 0.286. The van der Waals surface area contributed by atoms with Gasteiger partial charge in [0.2, 0.25) is 0 Å². The van der Waals surface area contributed by atoms with Crippen molar-refractivity contribution in [2.24, 2.45) is 0 Å². The Balaban J connectivity index is 1.89. The van der Waals surface area contributed by atoms with E-state index in [1.165, 1.54) is 4.90 Å². The Morgan fingerprint density at radius 3 is 2.04 bits per heavy atom. The van der Waals surface area contributed by atoms with Crippen LogP contribution in [0, 0.1) is 11.3 Å². The van der Waals surface area contributed by atoms with Gasteiger partial charge >= 0.3 is 0 Å². The van der Waals surface area contributed by atoms with E-state index in [-0.39, 0.29) is 11.8 Å². The lowest BCUT2D eigenvalue weighted by Crippen LogP contribution is -3.12. The number of carbonyl (C=O) groups is 2. The highest BCUT2D eigenvalue weighted by atomic mass is 16.2. The van der Waals surface area contributed by atoms with Gasteiger partial charge in [0.05, 0.1) is 37.8 Å². The molecule has 3 N–H and O–H groups in total. The number of likely N-dealkylation sites (N-methyl/N-ethyl adjacent to an activating group) is 1. The zero-order chi connectivity index (χ0) is 19.6. The van der Waals surface area contributed by atoms with E-state index in [1.807, 2.05) is 6.07 Å². The number of nitriles is 1. The second-order valence-corrected chi connectivity index (χ2v) is 6.18. The van der Waals surface area contributed by atoms with Gasteiger partial charge in [-0.1, -0.05) is 0 Å². The summed E-state index contributed by atoms with van der Waals surface area (Å²) < 4.78 is 0. The zero-order valence-electron chi connectivity index (χ0n) is 15.7. The average Bonchev–Trinajstić information content (AvgIpc) is 2.71. The van der Waals surface area contributed by atoms with E-state index >= 15 is 0 Å². The van der Waals surface area contributed by atoms with Crippen LogP contribution in [0.5, 0.6) is 0 Å². The summed E-state index contributed by atoms with van der Waals surface area (Å²) in [6.45, 7) is 7.88. The van der Waals surface area contributed by atoms with Gasteiger partial charge in [0.25, 0.3) is 11.8 Å². The molecular formula is C21H25N4O2+. The Morgan fingerprint density at radius 2 is 1.48 bits per heavy atom. The first-order valence-corrected chi connectivity index (χ1v) is 9.10. The van der Waals surface area contributed by atoms with Crippen molar-refractivity contribution in [3.05, 3.63) is 65.2 Å². The van der Waals surface area contributed by atoms with Gasteiger partial charge < -0.3 is 15.5 Å². The maximum Gasteiger partial charge on any atom is 0.255 e. The van der Waals surface area contributed by atoms with Gasteiger partial charge in [-0.2, -0.15) is 5.26 Å². The first-order chi connectivity index (χ1) is 13.1. The monoisotopic (exact) mass is 365 g/mol. The highest BCUT2D eigenvalue weighted by Gasteiger charge is 2.09. The van der Waals surface area contributed by atoms with Gasteiger partial charge in [0, 0.05) is 16.8 Å². The Morgan fingerprint density at radius 1 is 0.926 bits per heavy atom. The number of rotatable bonds is 8. The molecular weight excluding hydrogens is 340 g/mol. The van der Waals surface area contributed by atoms with Crippen molar-refractivity contribution < 1.29 is 14.5 Å². The van der Waals surface area contributed by atoms with Crippen LogP contribution in [0.25, 0.3) is 0 Å². The average molecular weight is 365 g/mol. The predicted octanol–water partition coefficient (Wildman–Crippen LogP) is 1.47. The molecule has 0 aliphatic heterocycles. The van der Waals surface area contributed by atoms with Crippen LogP contribution in [0.1, 0.15) is 40.1 Å². The second-order valence-electron chi connectivity index (χ2n) is 6.18. The Bertz CT molecular complexity index is 804. The van der Waals surface area contributed by atoms with Gasteiger partial charge in [0.15, 0.2) is 0 Å². The van der Waals surface area contributed by atoms with E-state index in [0.29, 0.717) is 28.9 Å². The van der Waals surface area contributed by atoms with Crippen molar-refractivity contribution in [2.75, 3.05) is 31.5 Å². The SMILES string of the molecule is CC[NH+](CC)CCNC(=O)c1ccc(NC(=O)c2ccc(C#N)cc2)cc1. The number of benzene rings is 2. The van der Waals surface area contributed by atoms with Crippen LogP contribution in [0.2, 0.25) is 0 Å². The predicted molar refractivity (Wildman–Crippen MR) is 105 cm³/mol. The van der Waals surface area contributed by atoms with Crippen molar-refractivity contribution in [3.63, 3.8) is 0 Å². The van der Waals surface area contributed by atoms with Crippen molar-refractivity contribution in [1.82, 2.24) is 5.32 Å². The number of anilines is 1. The Labute approximate surface area is 159 Å². The molecule has 6 nitrogen and oxygen atoms in total. The molecule has 0 aliphatic carbocycles. The number of hydrogen-bond acceptors (Lipinski definition) is 3. The molecule has 2 amide bonds. The molecule has 2 aromatic carbocycles. The molecule has 0 aromatic heterocycles. The van der Waals surface area contributed by atoms with Gasteiger partial charge in [-0.25, -0.2) is 0 Å². The molecule has 0 atom stereocenters. The van der Waals surface area contributed by atoms with Crippen molar-refractivity contribution in [1.29, 1.82) is 5.26 Å². The number of amides is 2. The summed E-state index contributed by atoms with van der Waals surface area (Å²) in [5.74, 6) is -0.384. The van der Waals surface area contributed by atoms with Gasteiger partial charge in [-0.3, -0.25) is 9.59 Å². The van der Waals surface area contributed by atoms with Crippen molar-refractivity contribution in [2.45, 2.75) is 13.8 Å². The zero-order valence-corrected chi connectivity index (χ0v) is 15.7. The molecule has 0 saturated carbocycles. The third kappa shape index (κ3) is 5.94. The molecule has 2 aromatic rings. The first-order valence-electron chi connectivity index (χ1n) is 9.10. The standard InChI is InChI=1S/C21H24N4O2/c1-3-25(4-2)14-13-23-20(26)17-9-11-19(12-10-17)24-21(27)18-7-5-16(15-22)6-8-18/h5-12H,3-4,13-14H2,1-2H3,(H,23,26)(H,24,27)/p+1. The maximum atomic E-state index is 12.2. The summed E-state index contributed by atoms with van der Waals surface area (Å²) in [5.41, 5.74) is 2.13. The molecule has 0 radical (unpaired) electrons. The molecule has 27 heavy (non-hydrogen) atoms. The first kappa shape index (κ1) is 20.1. The molecule has 0 saturated heterocycles. The Hall–Kier alpha value is -3.17. The quantitative estimate of drug-likeness (QED) is 0.662. The highest BCUT2D eigenvalue weighted by Crippen LogP contribution is 2.12. The highest BCUT2D eigenvalue weighted by molar-refractivity contribution is 6.04. The number of quaternary nitrogens is 1. The number of nitrogens with one attached hydrogen (secondary N) is 3. The van der Waals surface area contributed by atoms with E-state index in [1.54, 1.807) is 48.5 Å². The molecule has 0 heterocycles. The summed E-state index contributed by atoms with van der Waals surface area (Å²) in [6.07, 6.45) is 0. The van der Waals surface area contributed by atoms with Gasteiger partial charge in [-0.15, -0.1) is 0 Å². The lowest BCUT2D eigenvalue weighted by Gasteiger charge is -2.15. The third-order valence-electron chi connectivity index (χ3n) is 4.45. The maximum absolute atomic E-state index is 12.2. The minimum Gasteiger partial charge on any atom is -0.346 e. The van der Waals surface area contributed by atoms with Crippen LogP contribution in [0.3, 0.4) is 0 Å². The normalized spacial score (nSPS) is 10.3. The lowest BCUT2D eigenvalue weighted by atomic mass is 10.1. The number of hydrogen-bond donors (Lipinski definition) is 3. The molecule has 0 unspecified atom stereocenters. The summed E-state index contributed by atoms with van der Waals surface area (Å²) in [6, 6.07) is 15.2. The largest absolute Gasteiger partial charge is 0.346 e. The van der Waals surface area contributed by atoms with Crippen LogP contribution in [0.15, 0.2) is 48.5 Å². The lowest BCUT2D eigenvalue weighted by molar-refractivity contribution is -0.895. The van der Waals surface area contributed by atoms with Crippen LogP contribution < -0.4 is 15.5 Å². The number of carbonyl (C=O) groups excluding carboxylic acids is 2. The molecule has 0 aliphatic rings. The fourth-order valence-corrected chi connectivity index (χ4v) is 2.66. The fourth-order valence-electron chi connectivity index (χ4n) is 2.66. The summed E-state index contributed by atoms with van der Waals surface area (Å²) in [4.78, 5) is 25.8. The van der Waals surface area contributed by atoms with Crippen LogP contribution >= 0.6 is 0 Å². The third-order valence-corrected chi connectivity index (χ3v) is 4.45. The second kappa shape index (κ2) is 10.1. The minimum atomic E-state index is -0.265. The summed E-state index contributed by atoms with van der Waals surface area (Å²) in [5, 5.41) is 14.5. The molecule has 2 rings (SSSR count). The molecule has 0 bridgehead atoms. The van der Waals surface area contributed by atoms with E-state index in [9.17, 15) is 9.59 Å². The van der Waals surface area contributed by atoms with Crippen LogP contribution in [0.4, 0.5) is 5.69 Å².